The SMILES string of the molecule is CCOC(=O)C1=C(O)/C(=C/c2ccc(OCc3ccc(Cl)cc3Cl)c(Br)c2)SC1=NC(=O)c1ccccc1C. The average Bonchev–Trinajstić information content (AvgIpc) is 3.19. The van der Waals surface area contributed by atoms with Gasteiger partial charge in [-0.3, -0.25) is 4.79 Å². The first kappa shape index (κ1) is 29.0. The Kier molecular flexibility index (Phi) is 9.56. The van der Waals surface area contributed by atoms with Gasteiger partial charge < -0.3 is 14.6 Å². The summed E-state index contributed by atoms with van der Waals surface area (Å²) < 4.78 is 11.7. The molecular weight excluding hydrogens is 625 g/mol. The number of aliphatic imine (C=N–C) groups is 1. The second kappa shape index (κ2) is 12.9. The van der Waals surface area contributed by atoms with Gasteiger partial charge in [0, 0.05) is 21.2 Å². The van der Waals surface area contributed by atoms with Crippen LogP contribution >= 0.6 is 50.9 Å². The van der Waals surface area contributed by atoms with Gasteiger partial charge in [-0.05, 0) is 77.3 Å². The fourth-order valence-electron chi connectivity index (χ4n) is 3.63. The first-order chi connectivity index (χ1) is 18.7. The third kappa shape index (κ3) is 6.94. The Morgan fingerprint density at radius 2 is 1.87 bits per heavy atom. The third-order valence-corrected chi connectivity index (χ3v) is 7.83. The van der Waals surface area contributed by atoms with E-state index in [9.17, 15) is 14.7 Å². The zero-order chi connectivity index (χ0) is 28.1. The van der Waals surface area contributed by atoms with E-state index >= 15 is 0 Å². The smallest absolute Gasteiger partial charge is 0.344 e. The number of carbonyl (C=O) groups excluding carboxylic acids is 2. The van der Waals surface area contributed by atoms with Crippen molar-refractivity contribution in [3.8, 4) is 5.75 Å². The van der Waals surface area contributed by atoms with Crippen molar-refractivity contribution in [2.24, 2.45) is 4.99 Å². The molecule has 0 aliphatic carbocycles. The molecule has 0 spiro atoms. The molecule has 4 rings (SSSR count). The van der Waals surface area contributed by atoms with Crippen LogP contribution in [0.15, 0.2) is 86.4 Å². The molecule has 1 aliphatic rings. The van der Waals surface area contributed by atoms with Crippen molar-refractivity contribution in [3.63, 3.8) is 0 Å². The normalized spacial score (nSPS) is 15.2. The van der Waals surface area contributed by atoms with Gasteiger partial charge >= 0.3 is 5.97 Å². The van der Waals surface area contributed by atoms with E-state index in [1.807, 2.05) is 6.07 Å². The summed E-state index contributed by atoms with van der Waals surface area (Å²) in [6.45, 7) is 3.81. The van der Waals surface area contributed by atoms with Crippen molar-refractivity contribution in [3.05, 3.63) is 114 Å². The van der Waals surface area contributed by atoms with Gasteiger partial charge in [0.2, 0.25) is 0 Å². The summed E-state index contributed by atoms with van der Waals surface area (Å²) in [6.07, 6.45) is 1.69. The highest BCUT2D eigenvalue weighted by Gasteiger charge is 2.34. The van der Waals surface area contributed by atoms with Gasteiger partial charge in [0.25, 0.3) is 5.91 Å². The monoisotopic (exact) mass is 645 g/mol. The molecule has 1 N–H and O–H groups in total. The van der Waals surface area contributed by atoms with Crippen LogP contribution in [0.5, 0.6) is 5.75 Å². The van der Waals surface area contributed by atoms with E-state index in [1.165, 1.54) is 0 Å². The van der Waals surface area contributed by atoms with E-state index in [2.05, 4.69) is 20.9 Å². The van der Waals surface area contributed by atoms with Crippen LogP contribution < -0.4 is 4.74 Å². The number of aliphatic hydroxyl groups is 1. The molecule has 10 heteroatoms. The number of ether oxygens (including phenoxy) is 2. The molecule has 1 heterocycles. The first-order valence-electron chi connectivity index (χ1n) is 11.7. The predicted octanol–water partition coefficient (Wildman–Crippen LogP) is 8.35. The van der Waals surface area contributed by atoms with Gasteiger partial charge in [-0.2, -0.15) is 0 Å². The van der Waals surface area contributed by atoms with Crippen LogP contribution in [0, 0.1) is 6.92 Å². The molecule has 0 radical (unpaired) electrons. The van der Waals surface area contributed by atoms with Crippen molar-refractivity contribution in [1.82, 2.24) is 0 Å². The average molecular weight is 647 g/mol. The Morgan fingerprint density at radius 3 is 2.56 bits per heavy atom. The quantitative estimate of drug-likeness (QED) is 0.260. The number of amides is 1. The second-order valence-corrected chi connectivity index (χ2v) is 11.0. The lowest BCUT2D eigenvalue weighted by Gasteiger charge is -2.10. The highest BCUT2D eigenvalue weighted by atomic mass is 79.9. The van der Waals surface area contributed by atoms with Crippen LogP contribution in [0.3, 0.4) is 0 Å². The number of aliphatic hydroxyl groups excluding tert-OH is 1. The standard InChI is InChI=1S/C29H22BrCl2NO5S/c1-3-37-29(36)25-26(34)24(39-28(25)33-27(35)20-7-5-4-6-16(20)2)13-17-8-11-23(21(30)12-17)38-15-18-9-10-19(31)14-22(18)32/h4-14,34H,3,15H2,1-2H3/b24-13-,33-28?. The minimum absolute atomic E-state index is 0.0734. The van der Waals surface area contributed by atoms with Crippen LogP contribution in [0.2, 0.25) is 10.0 Å². The van der Waals surface area contributed by atoms with Crippen molar-refractivity contribution < 1.29 is 24.2 Å². The van der Waals surface area contributed by atoms with Gasteiger partial charge in [-0.15, -0.1) is 0 Å². The van der Waals surface area contributed by atoms with E-state index in [4.69, 9.17) is 32.7 Å². The number of nitrogens with zero attached hydrogens (tertiary/aromatic N) is 1. The van der Waals surface area contributed by atoms with Crippen molar-refractivity contribution in [2.45, 2.75) is 20.5 Å². The van der Waals surface area contributed by atoms with Crippen LogP contribution in [-0.4, -0.2) is 28.6 Å². The summed E-state index contributed by atoms with van der Waals surface area (Å²) >= 11 is 16.7. The first-order valence-corrected chi connectivity index (χ1v) is 14.1. The van der Waals surface area contributed by atoms with Gasteiger partial charge in [-0.25, -0.2) is 9.79 Å². The maximum Gasteiger partial charge on any atom is 0.344 e. The number of rotatable bonds is 7. The molecule has 0 aromatic heterocycles. The number of thioether (sulfide) groups is 1. The number of carbonyl (C=O) groups is 2. The van der Waals surface area contributed by atoms with Crippen LogP contribution in [0.4, 0.5) is 0 Å². The summed E-state index contributed by atoms with van der Waals surface area (Å²) in [6, 6.07) is 17.6. The third-order valence-electron chi connectivity index (χ3n) is 5.60. The number of hydrogen-bond donors (Lipinski definition) is 1. The molecule has 0 fully saturated rings. The van der Waals surface area contributed by atoms with Crippen molar-refractivity contribution >= 4 is 73.9 Å². The summed E-state index contributed by atoms with van der Waals surface area (Å²) in [5.74, 6) is -0.992. The van der Waals surface area contributed by atoms with E-state index in [0.29, 0.717) is 36.3 Å². The van der Waals surface area contributed by atoms with E-state index in [-0.39, 0.29) is 29.6 Å². The van der Waals surface area contributed by atoms with Crippen molar-refractivity contribution in [1.29, 1.82) is 0 Å². The number of esters is 1. The molecule has 1 amide bonds. The van der Waals surface area contributed by atoms with Gasteiger partial charge in [0.15, 0.2) is 0 Å². The van der Waals surface area contributed by atoms with Crippen LogP contribution in [-0.2, 0) is 16.1 Å². The predicted molar refractivity (Wildman–Crippen MR) is 160 cm³/mol. The van der Waals surface area contributed by atoms with E-state index in [0.717, 1.165) is 22.9 Å². The molecule has 0 bridgehead atoms. The maximum atomic E-state index is 12.9. The Balaban J connectivity index is 1.60. The molecular formula is C29H22BrCl2NO5S. The molecule has 0 saturated carbocycles. The molecule has 3 aromatic carbocycles. The molecule has 200 valence electrons. The number of halogens is 3. The van der Waals surface area contributed by atoms with Crippen LogP contribution in [0.25, 0.3) is 6.08 Å². The number of benzene rings is 3. The lowest BCUT2D eigenvalue weighted by Crippen LogP contribution is -2.14. The Hall–Kier alpha value is -3.04. The maximum absolute atomic E-state index is 12.9. The summed E-state index contributed by atoms with van der Waals surface area (Å²) in [4.78, 5) is 30.1. The lowest BCUT2D eigenvalue weighted by atomic mass is 10.1. The van der Waals surface area contributed by atoms with E-state index < -0.39 is 11.9 Å². The Labute approximate surface area is 248 Å². The molecule has 0 atom stereocenters. The zero-order valence-electron chi connectivity index (χ0n) is 20.8. The Morgan fingerprint density at radius 1 is 1.10 bits per heavy atom. The van der Waals surface area contributed by atoms with Gasteiger partial charge in [0.05, 0.1) is 16.0 Å². The Bertz CT molecular complexity index is 1550. The zero-order valence-corrected chi connectivity index (χ0v) is 24.7. The van der Waals surface area contributed by atoms with Crippen LogP contribution in [0.1, 0.15) is 34.0 Å². The fourth-order valence-corrected chi connectivity index (χ4v) is 5.61. The molecule has 39 heavy (non-hydrogen) atoms. The second-order valence-electron chi connectivity index (χ2n) is 8.31. The summed E-state index contributed by atoms with van der Waals surface area (Å²) in [7, 11) is 0. The molecule has 3 aromatic rings. The largest absolute Gasteiger partial charge is 0.506 e. The topological polar surface area (TPSA) is 85.2 Å². The highest BCUT2D eigenvalue weighted by molar-refractivity contribution is 9.10. The fraction of sp³-hybridized carbons (Fsp3) is 0.138. The summed E-state index contributed by atoms with van der Waals surface area (Å²) in [5.41, 5.74) is 2.51. The van der Waals surface area contributed by atoms with Gasteiger partial charge in [-0.1, -0.05) is 65.3 Å². The minimum Gasteiger partial charge on any atom is -0.506 e. The van der Waals surface area contributed by atoms with Crippen molar-refractivity contribution in [2.75, 3.05) is 6.61 Å². The molecule has 0 unspecified atom stereocenters. The lowest BCUT2D eigenvalue weighted by molar-refractivity contribution is -0.138. The molecule has 6 nitrogen and oxygen atoms in total. The van der Waals surface area contributed by atoms with E-state index in [1.54, 1.807) is 74.5 Å². The highest BCUT2D eigenvalue weighted by Crippen LogP contribution is 2.40. The number of hydrogen-bond acceptors (Lipinski definition) is 6. The summed E-state index contributed by atoms with van der Waals surface area (Å²) in [5, 5.41) is 12.1. The minimum atomic E-state index is -0.756. The van der Waals surface area contributed by atoms with Gasteiger partial charge in [0.1, 0.15) is 28.7 Å². The molecule has 0 saturated heterocycles. The number of aryl methyl sites for hydroxylation is 1. The molecule has 1 aliphatic heterocycles.